The number of carbonyl (C=O) groups is 3. The third kappa shape index (κ3) is 3.38. The normalized spacial score (nSPS) is 23.6. The van der Waals surface area contributed by atoms with Crippen LogP contribution in [0.15, 0.2) is 71.8 Å². The van der Waals surface area contributed by atoms with Crippen molar-refractivity contribution in [3.63, 3.8) is 0 Å². The summed E-state index contributed by atoms with van der Waals surface area (Å²) in [7, 11) is 0. The molecule has 0 bridgehead atoms. The van der Waals surface area contributed by atoms with Crippen LogP contribution in [0.1, 0.15) is 33.1 Å². The molecule has 3 aromatic rings. The summed E-state index contributed by atoms with van der Waals surface area (Å²) in [6.07, 6.45) is 1.64. The van der Waals surface area contributed by atoms with Gasteiger partial charge in [0.15, 0.2) is 5.78 Å². The van der Waals surface area contributed by atoms with Crippen LogP contribution in [-0.2, 0) is 9.59 Å². The quantitative estimate of drug-likeness (QED) is 0.222. The molecule has 0 radical (unpaired) electrons. The standard InChI is InChI=1S/C27H19ClN4O5/c1-14-12-18(32(36)37)10-11-20(14)30-26(34)21-22(27(30)35)24(25(33)15-6-8-17(28)9-7-15)31-23(21)19-5-3-2-4-16(19)13-29-31/h2-13,21-24H,1H3/t21-,22+,23-,24-/m0/s1. The molecule has 3 aliphatic rings. The van der Waals surface area contributed by atoms with Crippen LogP contribution in [-0.4, -0.2) is 39.8 Å². The van der Waals surface area contributed by atoms with Gasteiger partial charge in [-0.25, -0.2) is 4.90 Å². The molecule has 0 aliphatic carbocycles. The van der Waals surface area contributed by atoms with Crippen LogP contribution in [0.2, 0.25) is 5.02 Å². The molecule has 184 valence electrons. The summed E-state index contributed by atoms with van der Waals surface area (Å²) >= 11 is 6.01. The maximum Gasteiger partial charge on any atom is 0.269 e. The average molecular weight is 515 g/mol. The number of imide groups is 1. The van der Waals surface area contributed by atoms with E-state index in [-0.39, 0.29) is 17.2 Å². The highest BCUT2D eigenvalue weighted by Crippen LogP contribution is 2.53. The SMILES string of the molecule is Cc1cc([N+](=O)[O-])ccc1N1C(=O)[C@@H]2[C@H](C1=O)[C@@H]1c3ccccc3C=NN1[C@@H]2C(=O)c1ccc(Cl)cc1. The minimum absolute atomic E-state index is 0.141. The molecule has 9 nitrogen and oxygen atoms in total. The highest BCUT2D eigenvalue weighted by atomic mass is 35.5. The van der Waals surface area contributed by atoms with Crippen LogP contribution in [0.3, 0.4) is 0 Å². The maximum absolute atomic E-state index is 13.9. The van der Waals surface area contributed by atoms with E-state index in [0.29, 0.717) is 16.1 Å². The Kier molecular flexibility index (Phi) is 5.20. The van der Waals surface area contributed by atoms with E-state index < -0.39 is 40.7 Å². The summed E-state index contributed by atoms with van der Waals surface area (Å²) < 4.78 is 0. The Balaban J connectivity index is 1.49. The zero-order chi connectivity index (χ0) is 26.0. The third-order valence-electron chi connectivity index (χ3n) is 7.32. The van der Waals surface area contributed by atoms with Crippen LogP contribution >= 0.6 is 11.6 Å². The van der Waals surface area contributed by atoms with E-state index in [4.69, 9.17) is 11.6 Å². The van der Waals surface area contributed by atoms with E-state index in [9.17, 15) is 24.5 Å². The van der Waals surface area contributed by atoms with Gasteiger partial charge in [-0.1, -0.05) is 35.9 Å². The molecule has 2 saturated heterocycles. The number of nitro groups is 1. The Morgan fingerprint density at radius 1 is 1.00 bits per heavy atom. The number of amides is 2. The summed E-state index contributed by atoms with van der Waals surface area (Å²) in [5.74, 6) is -3.17. The minimum atomic E-state index is -1.01. The number of hydrogen-bond acceptors (Lipinski definition) is 7. The van der Waals surface area contributed by atoms with Gasteiger partial charge in [-0.15, -0.1) is 0 Å². The van der Waals surface area contributed by atoms with Crippen molar-refractivity contribution in [3.05, 3.63) is 104 Å². The number of non-ortho nitro benzene ring substituents is 1. The van der Waals surface area contributed by atoms with E-state index in [1.165, 1.54) is 18.2 Å². The fourth-order valence-electron chi connectivity index (χ4n) is 5.69. The molecule has 2 amide bonds. The number of fused-ring (bicyclic) bond motifs is 5. The Morgan fingerprint density at radius 3 is 2.41 bits per heavy atom. The van der Waals surface area contributed by atoms with Crippen molar-refractivity contribution in [3.8, 4) is 0 Å². The number of benzene rings is 3. The van der Waals surface area contributed by atoms with E-state index in [0.717, 1.165) is 16.0 Å². The van der Waals surface area contributed by atoms with E-state index in [1.54, 1.807) is 42.4 Å². The summed E-state index contributed by atoms with van der Waals surface area (Å²) in [4.78, 5) is 53.5. The van der Waals surface area contributed by atoms with Crippen molar-refractivity contribution in [2.75, 3.05) is 4.90 Å². The lowest BCUT2D eigenvalue weighted by Crippen LogP contribution is -2.44. The zero-order valence-electron chi connectivity index (χ0n) is 19.4. The number of halogens is 1. The molecule has 3 aliphatic heterocycles. The third-order valence-corrected chi connectivity index (χ3v) is 7.57. The Hall–Kier alpha value is -4.37. The molecule has 6 rings (SSSR count). The van der Waals surface area contributed by atoms with Crippen LogP contribution in [0.4, 0.5) is 11.4 Å². The number of aryl methyl sites for hydroxylation is 1. The molecule has 10 heteroatoms. The van der Waals surface area contributed by atoms with Gasteiger partial charge in [0.2, 0.25) is 11.8 Å². The lowest BCUT2D eigenvalue weighted by atomic mass is 9.83. The largest absolute Gasteiger partial charge is 0.292 e. The van der Waals surface area contributed by atoms with Crippen molar-refractivity contribution in [1.82, 2.24) is 5.01 Å². The first-order chi connectivity index (χ1) is 17.8. The van der Waals surface area contributed by atoms with E-state index in [2.05, 4.69) is 5.10 Å². The molecular formula is C27H19ClN4O5. The van der Waals surface area contributed by atoms with Crippen LogP contribution in [0.5, 0.6) is 0 Å². The predicted octanol–water partition coefficient (Wildman–Crippen LogP) is 4.32. The van der Waals surface area contributed by atoms with E-state index >= 15 is 0 Å². The Bertz CT molecular complexity index is 1540. The van der Waals surface area contributed by atoms with Gasteiger partial charge in [0.25, 0.3) is 5.69 Å². The first-order valence-electron chi connectivity index (χ1n) is 11.6. The van der Waals surface area contributed by atoms with E-state index in [1.807, 2.05) is 24.3 Å². The van der Waals surface area contributed by atoms with Gasteiger partial charge in [0.1, 0.15) is 6.04 Å². The zero-order valence-corrected chi connectivity index (χ0v) is 20.2. The summed E-state index contributed by atoms with van der Waals surface area (Å²) in [5.41, 5.74) is 2.52. The number of Topliss-reactive ketones (excluding diaryl/α,β-unsaturated/α-hetero) is 1. The minimum Gasteiger partial charge on any atom is -0.292 e. The number of hydrogen-bond donors (Lipinski definition) is 0. The second-order valence-corrected chi connectivity index (χ2v) is 9.74. The monoisotopic (exact) mass is 514 g/mol. The van der Waals surface area contributed by atoms with Crippen molar-refractivity contribution in [1.29, 1.82) is 0 Å². The average Bonchev–Trinajstić information content (AvgIpc) is 3.36. The van der Waals surface area contributed by atoms with Crippen molar-refractivity contribution in [2.45, 2.75) is 19.0 Å². The number of hydrazone groups is 1. The molecule has 3 heterocycles. The number of carbonyl (C=O) groups excluding carboxylic acids is 3. The van der Waals surface area contributed by atoms with Gasteiger partial charge in [0.05, 0.1) is 34.7 Å². The first-order valence-corrected chi connectivity index (χ1v) is 12.0. The number of ketones is 1. The molecule has 0 N–H and O–H groups in total. The second kappa shape index (κ2) is 8.35. The van der Waals surface area contributed by atoms with Crippen LogP contribution in [0, 0.1) is 28.9 Å². The smallest absolute Gasteiger partial charge is 0.269 e. The summed E-state index contributed by atoms with van der Waals surface area (Å²) in [6, 6.07) is 16.2. The van der Waals surface area contributed by atoms with Crippen molar-refractivity contribution < 1.29 is 19.3 Å². The lowest BCUT2D eigenvalue weighted by molar-refractivity contribution is -0.384. The van der Waals surface area contributed by atoms with Gasteiger partial charge in [-0.2, -0.15) is 5.10 Å². The highest BCUT2D eigenvalue weighted by molar-refractivity contribution is 6.30. The fraction of sp³-hybridized carbons (Fsp3) is 0.185. The van der Waals surface area contributed by atoms with Gasteiger partial charge in [-0.3, -0.25) is 29.5 Å². The summed E-state index contributed by atoms with van der Waals surface area (Å²) in [5, 5.41) is 17.8. The predicted molar refractivity (Wildman–Crippen MR) is 135 cm³/mol. The molecule has 0 unspecified atom stereocenters. The van der Waals surface area contributed by atoms with Gasteiger partial charge in [-0.05, 0) is 53.9 Å². The molecule has 0 spiro atoms. The van der Waals surface area contributed by atoms with Crippen LogP contribution in [0.25, 0.3) is 0 Å². The van der Waals surface area contributed by atoms with Gasteiger partial charge < -0.3 is 0 Å². The number of anilines is 1. The topological polar surface area (TPSA) is 113 Å². The molecule has 2 fully saturated rings. The molecule has 37 heavy (non-hydrogen) atoms. The number of nitro benzene ring substituents is 1. The molecule has 4 atom stereocenters. The van der Waals surface area contributed by atoms with Gasteiger partial charge >= 0.3 is 0 Å². The summed E-state index contributed by atoms with van der Waals surface area (Å²) in [6.45, 7) is 1.61. The maximum atomic E-state index is 13.9. The highest BCUT2D eigenvalue weighted by Gasteiger charge is 2.65. The Morgan fingerprint density at radius 2 is 1.70 bits per heavy atom. The first kappa shape index (κ1) is 23.1. The Labute approximate surface area is 216 Å². The van der Waals surface area contributed by atoms with Crippen molar-refractivity contribution in [2.24, 2.45) is 16.9 Å². The van der Waals surface area contributed by atoms with Gasteiger partial charge in [0, 0.05) is 22.7 Å². The number of rotatable bonds is 4. The van der Waals surface area contributed by atoms with Crippen molar-refractivity contribution >= 4 is 46.8 Å². The fourth-order valence-corrected chi connectivity index (χ4v) is 5.82. The van der Waals surface area contributed by atoms with Crippen LogP contribution < -0.4 is 4.90 Å². The molecule has 0 saturated carbocycles. The molecular weight excluding hydrogens is 496 g/mol. The molecule has 3 aromatic carbocycles. The lowest BCUT2D eigenvalue weighted by Gasteiger charge is -2.34. The number of nitrogens with zero attached hydrogens (tertiary/aromatic N) is 4. The molecule has 0 aromatic heterocycles. The second-order valence-electron chi connectivity index (χ2n) is 9.31.